The van der Waals surface area contributed by atoms with Gasteiger partial charge in [-0.1, -0.05) is 13.3 Å². The zero-order valence-corrected chi connectivity index (χ0v) is 14.6. The van der Waals surface area contributed by atoms with E-state index in [2.05, 4.69) is 20.0 Å². The normalized spacial score (nSPS) is 18.0. The third-order valence-corrected chi connectivity index (χ3v) is 4.51. The first-order chi connectivity index (χ1) is 11.4. The minimum absolute atomic E-state index is 0.0424. The van der Waals surface area contributed by atoms with Gasteiger partial charge in [0.1, 0.15) is 12.1 Å². The monoisotopic (exact) mass is 331 g/mol. The van der Waals surface area contributed by atoms with Crippen LogP contribution >= 0.6 is 0 Å². The fourth-order valence-electron chi connectivity index (χ4n) is 3.26. The molecule has 1 fully saturated rings. The highest BCUT2D eigenvalue weighted by atomic mass is 16.2. The molecule has 1 unspecified atom stereocenters. The lowest BCUT2D eigenvalue weighted by Gasteiger charge is -2.39. The first-order valence-corrected chi connectivity index (χ1v) is 8.43. The van der Waals surface area contributed by atoms with E-state index in [1.807, 2.05) is 31.7 Å². The lowest BCUT2D eigenvalue weighted by Crippen LogP contribution is -2.58. The van der Waals surface area contributed by atoms with E-state index < -0.39 is 5.54 Å². The minimum Gasteiger partial charge on any atom is -0.353 e. The van der Waals surface area contributed by atoms with E-state index in [1.165, 1.54) is 6.33 Å². The molecule has 24 heavy (non-hydrogen) atoms. The summed E-state index contributed by atoms with van der Waals surface area (Å²) in [7, 11) is 0. The highest BCUT2D eigenvalue weighted by Crippen LogP contribution is 2.20. The van der Waals surface area contributed by atoms with Crippen molar-refractivity contribution in [2.45, 2.75) is 39.2 Å². The fraction of sp³-hybridized carbons (Fsp3) is 0.625. The second-order valence-electron chi connectivity index (χ2n) is 6.67. The molecule has 0 aromatic carbocycles. The van der Waals surface area contributed by atoms with Crippen LogP contribution in [0, 0.1) is 6.92 Å². The number of nitrogens with zero attached hydrogens (tertiary/aromatic N) is 6. The molecule has 2 aromatic heterocycles. The van der Waals surface area contributed by atoms with Crippen LogP contribution in [0.4, 0.5) is 5.82 Å². The van der Waals surface area contributed by atoms with E-state index >= 15 is 0 Å². The van der Waals surface area contributed by atoms with Gasteiger partial charge in [-0.05, 0) is 20.3 Å². The number of carbonyl (C=O) groups is 1. The first kappa shape index (κ1) is 16.6. The smallest absolute Gasteiger partial charge is 0.254 e. The summed E-state index contributed by atoms with van der Waals surface area (Å²) in [5.41, 5.74) is 6.32. The van der Waals surface area contributed by atoms with E-state index in [-0.39, 0.29) is 5.91 Å². The molecule has 0 spiro atoms. The molecule has 2 N–H and O–H groups in total. The minimum atomic E-state index is -0.774. The van der Waals surface area contributed by atoms with Crippen LogP contribution in [-0.4, -0.2) is 62.1 Å². The molecule has 0 aliphatic carbocycles. The topological polar surface area (TPSA) is 92.7 Å². The third kappa shape index (κ3) is 3.06. The summed E-state index contributed by atoms with van der Waals surface area (Å²) in [6.07, 6.45) is 3.12. The Morgan fingerprint density at radius 2 is 2.04 bits per heavy atom. The number of hydrogen-bond acceptors (Lipinski definition) is 6. The van der Waals surface area contributed by atoms with Gasteiger partial charge >= 0.3 is 0 Å². The van der Waals surface area contributed by atoms with E-state index in [0.717, 1.165) is 31.0 Å². The number of carbonyl (C=O) groups excluding carboxylic acids is 1. The highest BCUT2D eigenvalue weighted by molar-refractivity contribution is 5.85. The quantitative estimate of drug-likeness (QED) is 0.882. The van der Waals surface area contributed by atoms with Gasteiger partial charge in [-0.3, -0.25) is 4.79 Å². The Balaban J connectivity index is 1.73. The van der Waals surface area contributed by atoms with Gasteiger partial charge < -0.3 is 15.5 Å². The van der Waals surface area contributed by atoms with Gasteiger partial charge in [-0.2, -0.15) is 14.6 Å². The maximum Gasteiger partial charge on any atom is 0.254 e. The lowest BCUT2D eigenvalue weighted by atomic mass is 9.95. The molecule has 1 aliphatic rings. The second kappa shape index (κ2) is 6.35. The van der Waals surface area contributed by atoms with Crippen LogP contribution in [0.25, 0.3) is 5.78 Å². The predicted molar refractivity (Wildman–Crippen MR) is 91.8 cm³/mol. The molecule has 130 valence electrons. The van der Waals surface area contributed by atoms with Gasteiger partial charge in [0.05, 0.1) is 5.54 Å². The molecule has 8 heteroatoms. The fourth-order valence-corrected chi connectivity index (χ4v) is 3.26. The molecule has 0 saturated carbocycles. The standard InChI is InChI=1S/C16H25N7O/c1-4-5-16(3,17)14(24)22-8-6-21(7-9-22)13-10-12(2)20-15-18-11-19-23(13)15/h10-11H,4-9,17H2,1-3H3. The number of aryl methyl sites for hydroxylation is 1. The Morgan fingerprint density at radius 3 is 2.71 bits per heavy atom. The highest BCUT2D eigenvalue weighted by Gasteiger charge is 2.33. The van der Waals surface area contributed by atoms with Crippen molar-refractivity contribution in [2.24, 2.45) is 5.73 Å². The van der Waals surface area contributed by atoms with Gasteiger partial charge in [0.25, 0.3) is 5.78 Å². The number of anilines is 1. The molecular weight excluding hydrogens is 306 g/mol. The number of aromatic nitrogens is 4. The van der Waals surface area contributed by atoms with Crippen molar-refractivity contribution in [3.63, 3.8) is 0 Å². The SMILES string of the molecule is CCCC(C)(N)C(=O)N1CCN(c2cc(C)nc3ncnn23)CC1. The number of nitrogens with two attached hydrogens (primary N) is 1. The second-order valence-corrected chi connectivity index (χ2v) is 6.67. The van der Waals surface area contributed by atoms with E-state index in [9.17, 15) is 4.79 Å². The van der Waals surface area contributed by atoms with Gasteiger partial charge in [0.2, 0.25) is 5.91 Å². The van der Waals surface area contributed by atoms with Gasteiger partial charge in [0, 0.05) is 37.9 Å². The van der Waals surface area contributed by atoms with E-state index in [1.54, 1.807) is 4.52 Å². The van der Waals surface area contributed by atoms with Gasteiger partial charge in [0.15, 0.2) is 0 Å². The molecule has 3 rings (SSSR count). The molecule has 1 saturated heterocycles. The Hall–Kier alpha value is -2.22. The first-order valence-electron chi connectivity index (χ1n) is 8.43. The molecule has 1 aliphatic heterocycles. The number of fused-ring (bicyclic) bond motifs is 1. The molecule has 1 amide bonds. The van der Waals surface area contributed by atoms with Crippen molar-refractivity contribution in [3.8, 4) is 0 Å². The Kier molecular flexibility index (Phi) is 4.40. The average Bonchev–Trinajstić information content (AvgIpc) is 3.01. The number of piperazine rings is 1. The molecule has 8 nitrogen and oxygen atoms in total. The summed E-state index contributed by atoms with van der Waals surface area (Å²) in [6.45, 7) is 8.63. The van der Waals surface area contributed by atoms with Crippen molar-refractivity contribution in [3.05, 3.63) is 18.1 Å². The van der Waals surface area contributed by atoms with E-state index in [0.29, 0.717) is 25.3 Å². The lowest BCUT2D eigenvalue weighted by molar-refractivity contribution is -0.137. The van der Waals surface area contributed by atoms with Crippen LogP contribution in [-0.2, 0) is 4.79 Å². The summed E-state index contributed by atoms with van der Waals surface area (Å²) in [5.74, 6) is 1.60. The Morgan fingerprint density at radius 1 is 1.33 bits per heavy atom. The zero-order chi connectivity index (χ0) is 17.3. The summed E-state index contributed by atoms with van der Waals surface area (Å²) < 4.78 is 1.74. The number of rotatable bonds is 4. The van der Waals surface area contributed by atoms with Crippen LogP contribution in [0.3, 0.4) is 0 Å². The summed E-state index contributed by atoms with van der Waals surface area (Å²) in [4.78, 5) is 25.2. The average molecular weight is 331 g/mol. The molecule has 0 radical (unpaired) electrons. The summed E-state index contributed by atoms with van der Waals surface area (Å²) in [5, 5.41) is 4.25. The Bertz CT molecular complexity index is 731. The summed E-state index contributed by atoms with van der Waals surface area (Å²) >= 11 is 0. The third-order valence-electron chi connectivity index (χ3n) is 4.51. The van der Waals surface area contributed by atoms with Crippen LogP contribution in [0.15, 0.2) is 12.4 Å². The largest absolute Gasteiger partial charge is 0.353 e. The van der Waals surface area contributed by atoms with Crippen LogP contribution < -0.4 is 10.6 Å². The van der Waals surface area contributed by atoms with Crippen LogP contribution in [0.2, 0.25) is 0 Å². The summed E-state index contributed by atoms with van der Waals surface area (Å²) in [6, 6.07) is 2.00. The molecule has 2 aromatic rings. The molecule has 3 heterocycles. The van der Waals surface area contributed by atoms with E-state index in [4.69, 9.17) is 5.73 Å². The maximum absolute atomic E-state index is 12.6. The zero-order valence-electron chi connectivity index (χ0n) is 14.6. The Labute approximate surface area is 141 Å². The molecule has 1 atom stereocenters. The van der Waals surface area contributed by atoms with Crippen LogP contribution in [0.1, 0.15) is 32.4 Å². The van der Waals surface area contributed by atoms with Crippen molar-refractivity contribution >= 4 is 17.5 Å². The maximum atomic E-state index is 12.6. The van der Waals surface area contributed by atoms with Crippen molar-refractivity contribution in [1.82, 2.24) is 24.5 Å². The molecule has 0 bridgehead atoms. The van der Waals surface area contributed by atoms with Crippen molar-refractivity contribution in [2.75, 3.05) is 31.1 Å². The van der Waals surface area contributed by atoms with Gasteiger partial charge in [-0.15, -0.1) is 0 Å². The van der Waals surface area contributed by atoms with Crippen LogP contribution in [0.5, 0.6) is 0 Å². The van der Waals surface area contributed by atoms with Crippen molar-refractivity contribution in [1.29, 1.82) is 0 Å². The van der Waals surface area contributed by atoms with Crippen molar-refractivity contribution < 1.29 is 4.79 Å². The number of amides is 1. The number of hydrogen-bond donors (Lipinski definition) is 1. The van der Waals surface area contributed by atoms with Gasteiger partial charge in [-0.25, -0.2) is 4.98 Å². The predicted octanol–water partition coefficient (Wildman–Crippen LogP) is 0.599. The molecular formula is C16H25N7O.